The van der Waals surface area contributed by atoms with Crippen molar-refractivity contribution in [2.24, 2.45) is 11.7 Å². The van der Waals surface area contributed by atoms with Gasteiger partial charge in [-0.3, -0.25) is 0 Å². The van der Waals surface area contributed by atoms with Gasteiger partial charge in [-0.25, -0.2) is 9.59 Å². The Morgan fingerprint density at radius 2 is 1.90 bits per heavy atom. The highest BCUT2D eigenvalue weighted by atomic mass is 16.6. The minimum absolute atomic E-state index is 0.356. The van der Waals surface area contributed by atoms with Crippen molar-refractivity contribution in [1.29, 1.82) is 0 Å². The smallest absolute Gasteiger partial charge is 0.407 e. The van der Waals surface area contributed by atoms with E-state index in [0.717, 1.165) is 19.3 Å². The maximum absolute atomic E-state index is 11.6. The summed E-state index contributed by atoms with van der Waals surface area (Å²) in [7, 11) is 0. The molecule has 7 heteroatoms. The van der Waals surface area contributed by atoms with Gasteiger partial charge < -0.3 is 26.4 Å². The van der Waals surface area contributed by atoms with E-state index in [9.17, 15) is 9.59 Å². The van der Waals surface area contributed by atoms with Crippen molar-refractivity contribution >= 4 is 12.1 Å². The van der Waals surface area contributed by atoms with Gasteiger partial charge in [0, 0.05) is 25.7 Å². The van der Waals surface area contributed by atoms with Crippen molar-refractivity contribution in [3.8, 4) is 0 Å². The molecule has 0 aromatic carbocycles. The van der Waals surface area contributed by atoms with E-state index in [4.69, 9.17) is 10.5 Å². The van der Waals surface area contributed by atoms with Crippen LogP contribution in [0.1, 0.15) is 40.0 Å². The Morgan fingerprint density at radius 3 is 2.52 bits per heavy atom. The Hall–Kier alpha value is -1.50. The van der Waals surface area contributed by atoms with Crippen LogP contribution < -0.4 is 21.7 Å². The molecule has 0 heterocycles. The second kappa shape index (κ2) is 8.07. The van der Waals surface area contributed by atoms with Crippen LogP contribution >= 0.6 is 0 Å². The molecule has 1 rings (SSSR count). The quantitative estimate of drug-likeness (QED) is 0.548. The number of rotatable bonds is 6. The SMILES string of the molecule is CC(C)(C)OC(=O)NCC1CCCC1NCCNC(N)=O. The van der Waals surface area contributed by atoms with E-state index in [-0.39, 0.29) is 6.09 Å². The molecule has 7 nitrogen and oxygen atoms in total. The van der Waals surface area contributed by atoms with Gasteiger partial charge in [-0.05, 0) is 39.5 Å². The summed E-state index contributed by atoms with van der Waals surface area (Å²) in [4.78, 5) is 22.2. The molecule has 2 unspecified atom stereocenters. The zero-order chi connectivity index (χ0) is 15.9. The predicted molar refractivity (Wildman–Crippen MR) is 81.0 cm³/mol. The van der Waals surface area contributed by atoms with E-state index in [0.29, 0.717) is 31.6 Å². The molecule has 1 aliphatic rings. The summed E-state index contributed by atoms with van der Waals surface area (Å²) < 4.78 is 5.23. The number of urea groups is 1. The first-order valence-electron chi connectivity index (χ1n) is 7.51. The molecule has 0 saturated heterocycles. The van der Waals surface area contributed by atoms with Crippen molar-refractivity contribution in [1.82, 2.24) is 16.0 Å². The van der Waals surface area contributed by atoms with Gasteiger partial charge >= 0.3 is 12.1 Å². The topological polar surface area (TPSA) is 105 Å². The van der Waals surface area contributed by atoms with Crippen LogP contribution in [0.25, 0.3) is 0 Å². The van der Waals surface area contributed by atoms with Crippen molar-refractivity contribution in [2.45, 2.75) is 51.7 Å². The van der Waals surface area contributed by atoms with E-state index in [1.807, 2.05) is 20.8 Å². The third kappa shape index (κ3) is 7.75. The summed E-state index contributed by atoms with van der Waals surface area (Å²) in [5.41, 5.74) is 4.53. The number of alkyl carbamates (subject to hydrolysis) is 1. The number of nitrogens with one attached hydrogen (secondary N) is 3. The average Bonchev–Trinajstić information content (AvgIpc) is 2.77. The number of hydrogen-bond acceptors (Lipinski definition) is 4. The number of amides is 3. The summed E-state index contributed by atoms with van der Waals surface area (Å²) in [6.45, 7) is 7.33. The van der Waals surface area contributed by atoms with Gasteiger partial charge in [0.1, 0.15) is 5.60 Å². The van der Waals surface area contributed by atoms with Crippen LogP contribution in [0.3, 0.4) is 0 Å². The standard InChI is InChI=1S/C14H28N4O3/c1-14(2,3)21-13(20)18-9-10-5-4-6-11(10)16-7-8-17-12(15)19/h10-11,16H,4-9H2,1-3H3,(H,18,20)(H3,15,17,19). The monoisotopic (exact) mass is 300 g/mol. The lowest BCUT2D eigenvalue weighted by Gasteiger charge is -2.23. The first kappa shape index (κ1) is 17.6. The Morgan fingerprint density at radius 1 is 1.19 bits per heavy atom. The molecule has 3 amide bonds. The number of carbonyl (C=O) groups excluding carboxylic acids is 2. The van der Waals surface area contributed by atoms with Crippen molar-refractivity contribution in [2.75, 3.05) is 19.6 Å². The zero-order valence-electron chi connectivity index (χ0n) is 13.2. The van der Waals surface area contributed by atoms with Crippen LogP contribution in [0.5, 0.6) is 0 Å². The molecule has 2 atom stereocenters. The number of ether oxygens (including phenoxy) is 1. The molecule has 5 N–H and O–H groups in total. The van der Waals surface area contributed by atoms with E-state index in [1.54, 1.807) is 0 Å². The van der Waals surface area contributed by atoms with Crippen LogP contribution in [0, 0.1) is 5.92 Å². The third-order valence-electron chi connectivity index (χ3n) is 3.40. The molecular formula is C14H28N4O3. The molecule has 122 valence electrons. The Balaban J connectivity index is 2.24. The highest BCUT2D eigenvalue weighted by Crippen LogP contribution is 2.25. The van der Waals surface area contributed by atoms with Crippen molar-refractivity contribution < 1.29 is 14.3 Å². The normalized spacial score (nSPS) is 21.9. The number of hydrogen-bond donors (Lipinski definition) is 4. The van der Waals surface area contributed by atoms with E-state index in [2.05, 4.69) is 16.0 Å². The lowest BCUT2D eigenvalue weighted by molar-refractivity contribution is 0.0517. The van der Waals surface area contributed by atoms with Crippen molar-refractivity contribution in [3.05, 3.63) is 0 Å². The fraction of sp³-hybridized carbons (Fsp3) is 0.857. The predicted octanol–water partition coefficient (Wildman–Crippen LogP) is 0.938. The van der Waals surface area contributed by atoms with Gasteiger partial charge in [-0.15, -0.1) is 0 Å². The van der Waals surface area contributed by atoms with Gasteiger partial charge in [0.2, 0.25) is 0 Å². The van der Waals surface area contributed by atoms with Crippen LogP contribution in [0.4, 0.5) is 9.59 Å². The fourth-order valence-electron chi connectivity index (χ4n) is 2.52. The summed E-state index contributed by atoms with van der Waals surface area (Å²) in [6.07, 6.45) is 2.93. The van der Waals surface area contributed by atoms with Crippen LogP contribution in [-0.2, 0) is 4.74 Å². The first-order chi connectivity index (χ1) is 9.78. The average molecular weight is 300 g/mol. The molecule has 0 aliphatic heterocycles. The van der Waals surface area contributed by atoms with Gasteiger partial charge in [0.05, 0.1) is 0 Å². The maximum Gasteiger partial charge on any atom is 0.407 e. The third-order valence-corrected chi connectivity index (χ3v) is 3.40. The van der Waals surface area contributed by atoms with Gasteiger partial charge in [-0.2, -0.15) is 0 Å². The number of nitrogens with two attached hydrogens (primary N) is 1. The van der Waals surface area contributed by atoms with Crippen LogP contribution in [0.15, 0.2) is 0 Å². The van der Waals surface area contributed by atoms with Crippen LogP contribution in [0.2, 0.25) is 0 Å². The van der Waals surface area contributed by atoms with Gasteiger partial charge in [0.25, 0.3) is 0 Å². The van der Waals surface area contributed by atoms with Gasteiger partial charge in [0.15, 0.2) is 0 Å². The molecular weight excluding hydrogens is 272 g/mol. The second-order valence-corrected chi connectivity index (χ2v) is 6.43. The molecule has 1 fully saturated rings. The first-order valence-corrected chi connectivity index (χ1v) is 7.51. The molecule has 0 radical (unpaired) electrons. The molecule has 0 bridgehead atoms. The Kier molecular flexibility index (Phi) is 6.74. The Bertz CT molecular complexity index is 355. The molecule has 1 saturated carbocycles. The number of primary amides is 1. The molecule has 0 spiro atoms. The minimum Gasteiger partial charge on any atom is -0.444 e. The molecule has 0 aromatic heterocycles. The second-order valence-electron chi connectivity index (χ2n) is 6.43. The lowest BCUT2D eigenvalue weighted by atomic mass is 10.0. The highest BCUT2D eigenvalue weighted by molar-refractivity contribution is 5.71. The van der Waals surface area contributed by atoms with Gasteiger partial charge in [-0.1, -0.05) is 6.42 Å². The molecule has 0 aromatic rings. The largest absolute Gasteiger partial charge is 0.444 e. The lowest BCUT2D eigenvalue weighted by Crippen LogP contribution is -2.43. The van der Waals surface area contributed by atoms with E-state index in [1.165, 1.54) is 0 Å². The Labute approximate surface area is 126 Å². The maximum atomic E-state index is 11.6. The fourth-order valence-corrected chi connectivity index (χ4v) is 2.52. The van der Waals surface area contributed by atoms with E-state index < -0.39 is 11.6 Å². The number of carbonyl (C=O) groups is 2. The summed E-state index contributed by atoms with van der Waals surface area (Å²) in [5.74, 6) is 0.395. The van der Waals surface area contributed by atoms with E-state index >= 15 is 0 Å². The summed E-state index contributed by atoms with van der Waals surface area (Å²) >= 11 is 0. The molecule has 21 heavy (non-hydrogen) atoms. The zero-order valence-corrected chi connectivity index (χ0v) is 13.2. The summed E-state index contributed by atoms with van der Waals surface area (Å²) in [5, 5.41) is 8.77. The molecule has 1 aliphatic carbocycles. The van der Waals surface area contributed by atoms with Crippen LogP contribution in [-0.4, -0.2) is 43.4 Å². The summed E-state index contributed by atoms with van der Waals surface area (Å²) in [6, 6.07) is -0.152. The highest BCUT2D eigenvalue weighted by Gasteiger charge is 2.27. The minimum atomic E-state index is -0.508. The van der Waals surface area contributed by atoms with Crippen molar-refractivity contribution in [3.63, 3.8) is 0 Å².